The zero-order chi connectivity index (χ0) is 12.1. The second kappa shape index (κ2) is 6.08. The standard InChI is InChI=1S/C13H14Cl2N2/c14-9-13(17-8-7-16-10-17)6-3-11-1-4-12(15)5-2-11/h1-2,4-5,7-8,10,13H,3,6,9H2. The van der Waals surface area contributed by atoms with Crippen molar-refractivity contribution in [1.29, 1.82) is 0 Å². The van der Waals surface area contributed by atoms with E-state index in [1.54, 1.807) is 6.20 Å². The fraction of sp³-hybridized carbons (Fsp3) is 0.308. The van der Waals surface area contributed by atoms with Gasteiger partial charge in [-0.25, -0.2) is 4.98 Å². The predicted molar refractivity (Wildman–Crippen MR) is 71.8 cm³/mol. The third-order valence-corrected chi connectivity index (χ3v) is 3.41. The van der Waals surface area contributed by atoms with Crippen LogP contribution in [0.2, 0.25) is 5.02 Å². The van der Waals surface area contributed by atoms with Gasteiger partial charge in [-0.3, -0.25) is 0 Å². The Morgan fingerprint density at radius 1 is 1.24 bits per heavy atom. The van der Waals surface area contributed by atoms with Crippen molar-refractivity contribution in [2.75, 3.05) is 5.88 Å². The van der Waals surface area contributed by atoms with Gasteiger partial charge in [-0.1, -0.05) is 23.7 Å². The van der Waals surface area contributed by atoms with E-state index in [0.29, 0.717) is 11.9 Å². The van der Waals surface area contributed by atoms with Crippen LogP contribution in [0.5, 0.6) is 0 Å². The van der Waals surface area contributed by atoms with Crippen molar-refractivity contribution in [2.45, 2.75) is 18.9 Å². The molecule has 0 aliphatic carbocycles. The van der Waals surface area contributed by atoms with E-state index in [1.807, 2.05) is 24.7 Å². The van der Waals surface area contributed by atoms with Crippen molar-refractivity contribution in [1.82, 2.24) is 9.55 Å². The molecule has 0 fully saturated rings. The first kappa shape index (κ1) is 12.5. The average molecular weight is 269 g/mol. The van der Waals surface area contributed by atoms with Crippen LogP contribution in [0, 0.1) is 0 Å². The van der Waals surface area contributed by atoms with Gasteiger partial charge in [0.15, 0.2) is 0 Å². The van der Waals surface area contributed by atoms with Crippen molar-refractivity contribution < 1.29 is 0 Å². The van der Waals surface area contributed by atoms with Gasteiger partial charge in [0.2, 0.25) is 0 Å². The lowest BCUT2D eigenvalue weighted by atomic mass is 10.1. The lowest BCUT2D eigenvalue weighted by molar-refractivity contribution is 0.512. The van der Waals surface area contributed by atoms with Crippen molar-refractivity contribution in [3.05, 3.63) is 53.6 Å². The Balaban J connectivity index is 1.94. The van der Waals surface area contributed by atoms with Crippen LogP contribution in [-0.4, -0.2) is 15.4 Å². The van der Waals surface area contributed by atoms with Gasteiger partial charge in [-0.2, -0.15) is 0 Å². The van der Waals surface area contributed by atoms with Gasteiger partial charge in [0.1, 0.15) is 0 Å². The molecule has 0 saturated heterocycles. The summed E-state index contributed by atoms with van der Waals surface area (Å²) in [5.41, 5.74) is 1.28. The number of benzene rings is 1. The largest absolute Gasteiger partial charge is 0.333 e. The molecule has 1 unspecified atom stereocenters. The molecule has 2 aromatic rings. The highest BCUT2D eigenvalue weighted by molar-refractivity contribution is 6.30. The molecule has 0 N–H and O–H groups in total. The number of aryl methyl sites for hydroxylation is 1. The van der Waals surface area contributed by atoms with E-state index in [2.05, 4.69) is 21.7 Å². The molecular formula is C13H14Cl2N2. The van der Waals surface area contributed by atoms with Crippen LogP contribution in [0.3, 0.4) is 0 Å². The van der Waals surface area contributed by atoms with Gasteiger partial charge in [0, 0.05) is 29.3 Å². The van der Waals surface area contributed by atoms with E-state index in [4.69, 9.17) is 23.2 Å². The summed E-state index contributed by atoms with van der Waals surface area (Å²) in [6, 6.07) is 8.26. The van der Waals surface area contributed by atoms with E-state index in [9.17, 15) is 0 Å². The van der Waals surface area contributed by atoms with Gasteiger partial charge in [0.05, 0.1) is 6.33 Å². The van der Waals surface area contributed by atoms with Crippen molar-refractivity contribution in [3.63, 3.8) is 0 Å². The molecule has 2 nitrogen and oxygen atoms in total. The highest BCUT2D eigenvalue weighted by atomic mass is 35.5. The minimum atomic E-state index is 0.301. The van der Waals surface area contributed by atoms with Crippen LogP contribution < -0.4 is 0 Å². The number of imidazole rings is 1. The molecular weight excluding hydrogens is 255 g/mol. The Hall–Kier alpha value is -0.990. The lowest BCUT2D eigenvalue weighted by Crippen LogP contribution is -2.09. The summed E-state index contributed by atoms with van der Waals surface area (Å²) in [5, 5.41) is 0.775. The third-order valence-electron chi connectivity index (χ3n) is 2.80. The Morgan fingerprint density at radius 3 is 2.59 bits per heavy atom. The predicted octanol–water partition coefficient (Wildman–Crippen LogP) is 3.95. The smallest absolute Gasteiger partial charge is 0.0948 e. The minimum Gasteiger partial charge on any atom is -0.333 e. The van der Waals surface area contributed by atoms with Gasteiger partial charge >= 0.3 is 0 Å². The summed E-state index contributed by atoms with van der Waals surface area (Å²) >= 11 is 11.8. The highest BCUT2D eigenvalue weighted by Gasteiger charge is 2.08. The molecule has 0 bridgehead atoms. The number of nitrogens with zero attached hydrogens (tertiary/aromatic N) is 2. The highest BCUT2D eigenvalue weighted by Crippen LogP contribution is 2.18. The molecule has 1 atom stereocenters. The summed E-state index contributed by atoms with van der Waals surface area (Å²) in [6.45, 7) is 0. The monoisotopic (exact) mass is 268 g/mol. The number of rotatable bonds is 5. The van der Waals surface area contributed by atoms with E-state index < -0.39 is 0 Å². The number of halogens is 2. The van der Waals surface area contributed by atoms with Crippen LogP contribution in [0.15, 0.2) is 43.0 Å². The summed E-state index contributed by atoms with van der Waals surface area (Å²) in [4.78, 5) is 4.04. The maximum atomic E-state index is 5.98. The number of hydrogen-bond acceptors (Lipinski definition) is 1. The summed E-state index contributed by atoms with van der Waals surface area (Å²) in [7, 11) is 0. The molecule has 17 heavy (non-hydrogen) atoms. The van der Waals surface area contributed by atoms with Gasteiger partial charge in [0.25, 0.3) is 0 Å². The van der Waals surface area contributed by atoms with Gasteiger partial charge in [-0.05, 0) is 30.5 Å². The van der Waals surface area contributed by atoms with E-state index in [0.717, 1.165) is 17.9 Å². The molecule has 0 aliphatic rings. The van der Waals surface area contributed by atoms with Gasteiger partial charge in [-0.15, -0.1) is 11.6 Å². The maximum Gasteiger partial charge on any atom is 0.0948 e. The summed E-state index contributed by atoms with van der Waals surface area (Å²) < 4.78 is 2.06. The number of aromatic nitrogens is 2. The first-order chi connectivity index (χ1) is 8.29. The first-order valence-electron chi connectivity index (χ1n) is 5.57. The fourth-order valence-electron chi connectivity index (χ4n) is 1.78. The SMILES string of the molecule is ClCC(CCc1ccc(Cl)cc1)n1ccnc1. The van der Waals surface area contributed by atoms with Crippen molar-refractivity contribution in [3.8, 4) is 0 Å². The van der Waals surface area contributed by atoms with E-state index in [1.165, 1.54) is 5.56 Å². The lowest BCUT2D eigenvalue weighted by Gasteiger charge is -2.15. The quantitative estimate of drug-likeness (QED) is 0.751. The molecule has 1 aromatic heterocycles. The molecule has 2 rings (SSSR count). The topological polar surface area (TPSA) is 17.8 Å². The minimum absolute atomic E-state index is 0.301. The molecule has 1 heterocycles. The molecule has 0 saturated carbocycles. The Morgan fingerprint density at radius 2 is 2.00 bits per heavy atom. The summed E-state index contributed by atoms with van der Waals surface area (Å²) in [5.74, 6) is 0.601. The van der Waals surface area contributed by atoms with Crippen LogP contribution in [0.1, 0.15) is 18.0 Å². The van der Waals surface area contributed by atoms with E-state index >= 15 is 0 Å². The maximum absolute atomic E-state index is 5.98. The number of hydrogen-bond donors (Lipinski definition) is 0. The molecule has 1 aromatic carbocycles. The van der Waals surface area contributed by atoms with Gasteiger partial charge < -0.3 is 4.57 Å². The third kappa shape index (κ3) is 3.48. The molecule has 4 heteroatoms. The Kier molecular flexibility index (Phi) is 4.46. The normalized spacial score (nSPS) is 12.6. The summed E-state index contributed by atoms with van der Waals surface area (Å²) in [6.07, 6.45) is 7.54. The number of alkyl halides is 1. The molecule has 0 aliphatic heterocycles. The van der Waals surface area contributed by atoms with Crippen LogP contribution in [-0.2, 0) is 6.42 Å². The zero-order valence-electron chi connectivity index (χ0n) is 9.39. The zero-order valence-corrected chi connectivity index (χ0v) is 10.9. The molecule has 0 spiro atoms. The second-order valence-electron chi connectivity index (χ2n) is 3.98. The first-order valence-corrected chi connectivity index (χ1v) is 6.48. The molecule has 0 amide bonds. The van der Waals surface area contributed by atoms with Crippen molar-refractivity contribution in [2.24, 2.45) is 0 Å². The Bertz CT molecular complexity index is 437. The van der Waals surface area contributed by atoms with E-state index in [-0.39, 0.29) is 0 Å². The van der Waals surface area contributed by atoms with Crippen LogP contribution >= 0.6 is 23.2 Å². The fourth-order valence-corrected chi connectivity index (χ4v) is 2.22. The Labute approximate surface area is 111 Å². The average Bonchev–Trinajstić information content (AvgIpc) is 2.86. The van der Waals surface area contributed by atoms with Crippen molar-refractivity contribution >= 4 is 23.2 Å². The van der Waals surface area contributed by atoms with Crippen LogP contribution in [0.4, 0.5) is 0 Å². The second-order valence-corrected chi connectivity index (χ2v) is 4.73. The van der Waals surface area contributed by atoms with Crippen LogP contribution in [0.25, 0.3) is 0 Å². The molecule has 90 valence electrons. The molecule has 0 radical (unpaired) electrons.